The summed E-state index contributed by atoms with van der Waals surface area (Å²) in [6, 6.07) is 32.5. The molecule has 0 saturated heterocycles. The van der Waals surface area contributed by atoms with Crippen molar-refractivity contribution < 1.29 is 23.9 Å². The highest BCUT2D eigenvalue weighted by Gasteiger charge is 2.31. The summed E-state index contributed by atoms with van der Waals surface area (Å²) in [5.74, 6) is -2.00. The van der Waals surface area contributed by atoms with Crippen LogP contribution in [0.3, 0.4) is 0 Å². The number of carbonyl (C=O) groups is 4. The summed E-state index contributed by atoms with van der Waals surface area (Å²) in [6.07, 6.45) is 3.76. The van der Waals surface area contributed by atoms with E-state index in [1.165, 1.54) is 6.08 Å². The van der Waals surface area contributed by atoms with Crippen molar-refractivity contribution in [3.63, 3.8) is 0 Å². The number of ether oxygens (including phenoxy) is 1. The van der Waals surface area contributed by atoms with Gasteiger partial charge in [0, 0.05) is 23.4 Å². The Balaban J connectivity index is 1.54. The third kappa shape index (κ3) is 12.8. The quantitative estimate of drug-likeness (QED) is 0.0943. The van der Waals surface area contributed by atoms with Crippen molar-refractivity contribution in [3.05, 3.63) is 148 Å². The third-order valence-electron chi connectivity index (χ3n) is 7.66. The zero-order valence-electron chi connectivity index (χ0n) is 27.7. The Kier molecular flexibility index (Phi) is 14.3. The first-order valence-electron chi connectivity index (χ1n) is 16.3. The van der Waals surface area contributed by atoms with E-state index in [9.17, 15) is 19.2 Å². The van der Waals surface area contributed by atoms with Crippen molar-refractivity contribution in [2.45, 2.75) is 57.8 Å². The number of halogens is 1. The molecule has 0 spiro atoms. The Hall–Kier alpha value is -5.02. The van der Waals surface area contributed by atoms with E-state index in [4.69, 9.17) is 4.74 Å². The fourth-order valence-corrected chi connectivity index (χ4v) is 5.41. The van der Waals surface area contributed by atoms with Crippen LogP contribution in [0.1, 0.15) is 42.5 Å². The van der Waals surface area contributed by atoms with Gasteiger partial charge < -0.3 is 20.7 Å². The minimum Gasteiger partial charge on any atom is -0.459 e. The largest absolute Gasteiger partial charge is 0.459 e. The summed E-state index contributed by atoms with van der Waals surface area (Å²) in [6.45, 7) is 3.95. The number of hydrogen-bond donors (Lipinski definition) is 3. The zero-order valence-corrected chi connectivity index (χ0v) is 29.3. The molecule has 8 nitrogen and oxygen atoms in total. The normalized spacial score (nSPS) is 12.9. The molecule has 0 unspecified atom stereocenters. The molecule has 9 heteroatoms. The van der Waals surface area contributed by atoms with Crippen LogP contribution in [0.15, 0.2) is 126 Å². The number of benzene rings is 4. The van der Waals surface area contributed by atoms with Crippen molar-refractivity contribution in [1.29, 1.82) is 0 Å². The molecule has 0 aliphatic carbocycles. The number of carbonyl (C=O) groups excluding carboxylic acids is 4. The molecule has 0 radical (unpaired) electrons. The van der Waals surface area contributed by atoms with Crippen LogP contribution >= 0.6 is 15.9 Å². The van der Waals surface area contributed by atoms with Crippen molar-refractivity contribution in [2.24, 2.45) is 5.92 Å². The van der Waals surface area contributed by atoms with Gasteiger partial charge in [0.1, 0.15) is 24.7 Å². The first-order valence-corrected chi connectivity index (χ1v) is 17.1. The number of esters is 1. The SMILES string of the molecule is CC(C)C[C@H](NC(=O)/C=C/c1ccccc1)C(=O)N[C@@H](Cc1ccc(Br)cc1)C(=O)N[C@@H](Cc1ccccc1)C(=O)OCc1ccccc1. The van der Waals surface area contributed by atoms with Crippen LogP contribution in [0.25, 0.3) is 6.08 Å². The van der Waals surface area contributed by atoms with Crippen LogP contribution in [0.4, 0.5) is 0 Å². The molecule has 0 saturated carbocycles. The van der Waals surface area contributed by atoms with Crippen LogP contribution in [0.5, 0.6) is 0 Å². The first kappa shape index (κ1) is 36.8. The molecule has 4 rings (SSSR count). The minimum absolute atomic E-state index is 0.0508. The Morgan fingerprint density at radius 2 is 1.14 bits per heavy atom. The lowest BCUT2D eigenvalue weighted by atomic mass is 10.00. The molecule has 3 N–H and O–H groups in total. The van der Waals surface area contributed by atoms with E-state index < -0.39 is 41.8 Å². The van der Waals surface area contributed by atoms with Crippen LogP contribution < -0.4 is 16.0 Å². The monoisotopic (exact) mass is 723 g/mol. The van der Waals surface area contributed by atoms with Crippen LogP contribution in [-0.2, 0) is 43.4 Å². The van der Waals surface area contributed by atoms with Crippen LogP contribution in [0, 0.1) is 5.92 Å². The van der Waals surface area contributed by atoms with Gasteiger partial charge in [-0.05, 0) is 52.8 Å². The number of hydrogen-bond acceptors (Lipinski definition) is 5. The second-order valence-electron chi connectivity index (χ2n) is 12.2. The van der Waals surface area contributed by atoms with Crippen molar-refractivity contribution >= 4 is 45.7 Å². The standard InChI is InChI=1S/C40H42BrN3O5/c1-28(2)24-34(42-37(45)23-20-29-12-6-3-7-13-29)38(46)43-35(25-31-18-21-33(41)22-19-31)39(47)44-36(26-30-14-8-4-9-15-30)40(48)49-27-32-16-10-5-11-17-32/h3-23,28,34-36H,24-27H2,1-2H3,(H,42,45)(H,43,46)(H,44,47)/b23-20+/t34-,35-,36-/m0/s1. The maximum Gasteiger partial charge on any atom is 0.329 e. The van der Waals surface area contributed by atoms with Gasteiger partial charge in [0.2, 0.25) is 17.7 Å². The molecule has 0 aliphatic rings. The van der Waals surface area contributed by atoms with E-state index in [2.05, 4.69) is 31.9 Å². The summed E-state index contributed by atoms with van der Waals surface area (Å²) in [5, 5.41) is 8.55. The molecule has 254 valence electrons. The summed E-state index contributed by atoms with van der Waals surface area (Å²) < 4.78 is 6.51. The lowest BCUT2D eigenvalue weighted by molar-refractivity contribution is -0.149. The summed E-state index contributed by atoms with van der Waals surface area (Å²) >= 11 is 3.44. The minimum atomic E-state index is -1.06. The maximum atomic E-state index is 14.0. The number of rotatable bonds is 16. The lowest BCUT2D eigenvalue weighted by Crippen LogP contribution is -2.57. The molecule has 3 amide bonds. The van der Waals surface area contributed by atoms with E-state index >= 15 is 0 Å². The van der Waals surface area contributed by atoms with E-state index in [0.717, 1.165) is 26.7 Å². The zero-order chi connectivity index (χ0) is 35.0. The summed E-state index contributed by atoms with van der Waals surface area (Å²) in [4.78, 5) is 54.1. The fraction of sp³-hybridized carbons (Fsp3) is 0.250. The van der Waals surface area contributed by atoms with Crippen molar-refractivity contribution in [2.75, 3.05) is 0 Å². The van der Waals surface area contributed by atoms with E-state index in [1.807, 2.05) is 129 Å². The number of amides is 3. The second-order valence-corrected chi connectivity index (χ2v) is 13.1. The van der Waals surface area contributed by atoms with Gasteiger partial charge in [-0.15, -0.1) is 0 Å². The second kappa shape index (κ2) is 19.1. The van der Waals surface area contributed by atoms with Gasteiger partial charge in [-0.1, -0.05) is 133 Å². The predicted octanol–water partition coefficient (Wildman–Crippen LogP) is 6.19. The van der Waals surface area contributed by atoms with E-state index in [1.54, 1.807) is 6.08 Å². The van der Waals surface area contributed by atoms with Crippen LogP contribution in [0.2, 0.25) is 0 Å². The van der Waals surface area contributed by atoms with Gasteiger partial charge in [0.25, 0.3) is 0 Å². The van der Waals surface area contributed by atoms with Crippen LogP contribution in [-0.4, -0.2) is 41.8 Å². The topological polar surface area (TPSA) is 114 Å². The molecule has 0 heterocycles. The average Bonchev–Trinajstić information content (AvgIpc) is 3.10. The molecule has 0 aliphatic heterocycles. The molecule has 4 aromatic carbocycles. The van der Waals surface area contributed by atoms with Gasteiger partial charge in [-0.25, -0.2) is 4.79 Å². The highest BCUT2D eigenvalue weighted by Crippen LogP contribution is 2.14. The fourth-order valence-electron chi connectivity index (χ4n) is 5.14. The molecule has 3 atom stereocenters. The smallest absolute Gasteiger partial charge is 0.329 e. The van der Waals surface area contributed by atoms with E-state index in [0.29, 0.717) is 6.42 Å². The summed E-state index contributed by atoms with van der Waals surface area (Å²) in [5.41, 5.74) is 3.30. The molecular weight excluding hydrogens is 682 g/mol. The van der Waals surface area contributed by atoms with Gasteiger partial charge >= 0.3 is 5.97 Å². The Morgan fingerprint density at radius 3 is 1.76 bits per heavy atom. The maximum absolute atomic E-state index is 14.0. The Bertz CT molecular complexity index is 1680. The van der Waals surface area contributed by atoms with Gasteiger partial charge in [0.15, 0.2) is 0 Å². The number of nitrogens with one attached hydrogen (secondary N) is 3. The third-order valence-corrected chi connectivity index (χ3v) is 8.19. The van der Waals surface area contributed by atoms with Gasteiger partial charge in [-0.2, -0.15) is 0 Å². The Labute approximate surface area is 296 Å². The predicted molar refractivity (Wildman–Crippen MR) is 195 cm³/mol. The highest BCUT2D eigenvalue weighted by molar-refractivity contribution is 9.10. The van der Waals surface area contributed by atoms with Gasteiger partial charge in [0.05, 0.1) is 0 Å². The molecule has 0 fully saturated rings. The highest BCUT2D eigenvalue weighted by atomic mass is 79.9. The van der Waals surface area contributed by atoms with Crippen molar-refractivity contribution in [3.8, 4) is 0 Å². The first-order chi connectivity index (χ1) is 23.7. The molecule has 4 aromatic rings. The summed E-state index contributed by atoms with van der Waals surface area (Å²) in [7, 11) is 0. The molecule has 0 bridgehead atoms. The molecule has 0 aromatic heterocycles. The Morgan fingerprint density at radius 1 is 0.633 bits per heavy atom. The molecule has 49 heavy (non-hydrogen) atoms. The van der Waals surface area contributed by atoms with Gasteiger partial charge in [-0.3, -0.25) is 14.4 Å². The average molecular weight is 725 g/mol. The lowest BCUT2D eigenvalue weighted by Gasteiger charge is -2.26. The molecular formula is C40H42BrN3O5. The van der Waals surface area contributed by atoms with Crippen molar-refractivity contribution in [1.82, 2.24) is 16.0 Å². The van der Waals surface area contributed by atoms with E-state index in [-0.39, 0.29) is 25.4 Å².